The molecule has 1 aliphatic rings. The van der Waals surface area contributed by atoms with E-state index in [4.69, 9.17) is 9.47 Å². The van der Waals surface area contributed by atoms with Crippen molar-refractivity contribution < 1.29 is 9.47 Å². The van der Waals surface area contributed by atoms with Crippen LogP contribution in [0.4, 0.5) is 0 Å². The van der Waals surface area contributed by atoms with Crippen LogP contribution in [0, 0.1) is 0 Å². The molecule has 0 N–H and O–H groups in total. The molecule has 0 saturated heterocycles. The van der Waals surface area contributed by atoms with Crippen LogP contribution >= 0.6 is 11.3 Å². The second-order valence-corrected chi connectivity index (χ2v) is 7.52. The lowest BCUT2D eigenvalue weighted by Crippen LogP contribution is -2.40. The molecule has 0 amide bonds. The molecule has 26 heavy (non-hydrogen) atoms. The van der Waals surface area contributed by atoms with Crippen LogP contribution in [0.2, 0.25) is 0 Å². The first-order chi connectivity index (χ1) is 12.6. The van der Waals surface area contributed by atoms with Crippen LogP contribution in [0.15, 0.2) is 39.2 Å². The van der Waals surface area contributed by atoms with Crippen LogP contribution < -0.4 is 20.7 Å². The molecule has 0 spiro atoms. The average molecular weight is 372 g/mol. The number of thiophene rings is 1. The van der Waals surface area contributed by atoms with Gasteiger partial charge in [0.05, 0.1) is 25.3 Å². The zero-order chi connectivity index (χ0) is 18.3. The summed E-state index contributed by atoms with van der Waals surface area (Å²) in [6.07, 6.45) is 0.846. The van der Waals surface area contributed by atoms with Gasteiger partial charge >= 0.3 is 5.69 Å². The number of rotatable bonds is 3. The molecule has 1 aromatic carbocycles. The van der Waals surface area contributed by atoms with Gasteiger partial charge in [-0.25, -0.2) is 4.79 Å². The van der Waals surface area contributed by atoms with Gasteiger partial charge in [-0.2, -0.15) is 0 Å². The standard InChI is InChI=1S/C19H20N2O4S/c1-12(2)21-18(22)17-14(6-9-26-17)20(19(21)23)11-13-4-5-15-16(10-13)25-8-3-7-24-15/h4-6,9-10,12H,3,7-8,11H2,1-2H3. The molecular weight excluding hydrogens is 352 g/mol. The van der Waals surface area contributed by atoms with Crippen molar-refractivity contribution in [3.8, 4) is 11.5 Å². The molecule has 0 bridgehead atoms. The Hall–Kier alpha value is -2.54. The van der Waals surface area contributed by atoms with Crippen molar-refractivity contribution in [1.29, 1.82) is 0 Å². The maximum atomic E-state index is 13.0. The Bertz CT molecular complexity index is 1080. The fourth-order valence-electron chi connectivity index (χ4n) is 3.20. The number of nitrogens with zero attached hydrogens (tertiary/aromatic N) is 2. The molecule has 0 unspecified atom stereocenters. The Balaban J connectivity index is 1.83. The Kier molecular flexibility index (Phi) is 4.32. The van der Waals surface area contributed by atoms with Gasteiger partial charge < -0.3 is 9.47 Å². The largest absolute Gasteiger partial charge is 0.490 e. The van der Waals surface area contributed by atoms with Crippen LogP contribution in [0.5, 0.6) is 11.5 Å². The van der Waals surface area contributed by atoms with E-state index in [1.807, 2.05) is 43.5 Å². The van der Waals surface area contributed by atoms with Crippen LogP contribution in [0.1, 0.15) is 31.9 Å². The highest BCUT2D eigenvalue weighted by Gasteiger charge is 2.17. The van der Waals surface area contributed by atoms with Gasteiger partial charge in [0.25, 0.3) is 5.56 Å². The van der Waals surface area contributed by atoms with Gasteiger partial charge in [-0.3, -0.25) is 13.9 Å². The predicted octanol–water partition coefficient (Wildman–Crippen LogP) is 3.02. The minimum atomic E-state index is -0.289. The molecular formula is C19H20N2O4S. The van der Waals surface area contributed by atoms with Crippen molar-refractivity contribution in [2.24, 2.45) is 0 Å². The van der Waals surface area contributed by atoms with Crippen molar-refractivity contribution in [3.05, 3.63) is 56.0 Å². The highest BCUT2D eigenvalue weighted by atomic mass is 32.1. The molecule has 7 heteroatoms. The Morgan fingerprint density at radius 3 is 2.65 bits per heavy atom. The third-order valence-corrected chi connectivity index (χ3v) is 5.35. The van der Waals surface area contributed by atoms with Gasteiger partial charge in [-0.1, -0.05) is 6.07 Å². The molecule has 0 aliphatic carbocycles. The Morgan fingerprint density at radius 1 is 1.12 bits per heavy atom. The van der Waals surface area contributed by atoms with Crippen molar-refractivity contribution in [1.82, 2.24) is 9.13 Å². The van der Waals surface area contributed by atoms with E-state index in [1.165, 1.54) is 15.9 Å². The van der Waals surface area contributed by atoms with Crippen molar-refractivity contribution in [2.45, 2.75) is 32.9 Å². The van der Waals surface area contributed by atoms with Gasteiger partial charge in [0.15, 0.2) is 11.5 Å². The zero-order valence-electron chi connectivity index (χ0n) is 14.7. The average Bonchev–Trinajstić information content (AvgIpc) is 2.98. The number of ether oxygens (including phenoxy) is 2. The predicted molar refractivity (Wildman–Crippen MR) is 102 cm³/mol. The van der Waals surface area contributed by atoms with Crippen molar-refractivity contribution in [2.75, 3.05) is 13.2 Å². The van der Waals surface area contributed by atoms with Crippen molar-refractivity contribution in [3.63, 3.8) is 0 Å². The van der Waals surface area contributed by atoms with Crippen LogP contribution in [0.3, 0.4) is 0 Å². The molecule has 3 heterocycles. The highest BCUT2D eigenvalue weighted by Crippen LogP contribution is 2.30. The second-order valence-electron chi connectivity index (χ2n) is 6.60. The van der Waals surface area contributed by atoms with Gasteiger partial charge in [0.2, 0.25) is 0 Å². The lowest BCUT2D eigenvalue weighted by Gasteiger charge is -2.15. The summed E-state index contributed by atoms with van der Waals surface area (Å²) in [6, 6.07) is 7.36. The minimum absolute atomic E-state index is 0.198. The quantitative estimate of drug-likeness (QED) is 0.709. The monoisotopic (exact) mass is 372 g/mol. The molecule has 0 atom stereocenters. The second kappa shape index (κ2) is 6.64. The maximum absolute atomic E-state index is 13.0. The molecule has 1 aliphatic heterocycles. The van der Waals surface area contributed by atoms with E-state index in [0.717, 1.165) is 17.7 Å². The van der Waals surface area contributed by atoms with Gasteiger partial charge in [-0.15, -0.1) is 11.3 Å². The molecule has 136 valence electrons. The van der Waals surface area contributed by atoms with Gasteiger partial charge in [0.1, 0.15) is 4.70 Å². The summed E-state index contributed by atoms with van der Waals surface area (Å²) in [6.45, 7) is 5.32. The minimum Gasteiger partial charge on any atom is -0.490 e. The van der Waals surface area contributed by atoms with E-state index in [-0.39, 0.29) is 17.3 Å². The topological polar surface area (TPSA) is 62.5 Å². The molecule has 2 aromatic heterocycles. The van der Waals surface area contributed by atoms with Gasteiger partial charge in [-0.05, 0) is 43.0 Å². The normalized spacial score (nSPS) is 14.0. The number of fused-ring (bicyclic) bond motifs is 2. The van der Waals surface area contributed by atoms with Crippen LogP contribution in [-0.2, 0) is 6.54 Å². The lowest BCUT2D eigenvalue weighted by atomic mass is 10.2. The number of hydrogen-bond acceptors (Lipinski definition) is 5. The van der Waals surface area contributed by atoms with Crippen LogP contribution in [-0.4, -0.2) is 22.3 Å². The molecule has 6 nitrogen and oxygen atoms in total. The van der Waals surface area contributed by atoms with Gasteiger partial charge in [0, 0.05) is 12.5 Å². The summed E-state index contributed by atoms with van der Waals surface area (Å²) in [5.74, 6) is 1.43. The number of benzene rings is 1. The molecule has 3 aromatic rings. The SMILES string of the molecule is CC(C)n1c(=O)c2sccc2n(Cc2ccc3c(c2)OCCCO3)c1=O. The zero-order valence-corrected chi connectivity index (χ0v) is 15.5. The van der Waals surface area contributed by atoms with E-state index in [9.17, 15) is 9.59 Å². The summed E-state index contributed by atoms with van der Waals surface area (Å²) in [4.78, 5) is 25.6. The highest BCUT2D eigenvalue weighted by molar-refractivity contribution is 7.17. The molecule has 0 fully saturated rings. The van der Waals surface area contributed by atoms with Crippen LogP contribution in [0.25, 0.3) is 10.2 Å². The maximum Gasteiger partial charge on any atom is 0.332 e. The fraction of sp³-hybridized carbons (Fsp3) is 0.368. The van der Waals surface area contributed by atoms with E-state index in [1.54, 1.807) is 4.57 Å². The first-order valence-electron chi connectivity index (χ1n) is 8.67. The molecule has 0 saturated carbocycles. The Labute approximate surface area is 154 Å². The third kappa shape index (κ3) is 2.82. The smallest absolute Gasteiger partial charge is 0.332 e. The summed E-state index contributed by atoms with van der Waals surface area (Å²) >= 11 is 1.37. The summed E-state index contributed by atoms with van der Waals surface area (Å²) in [5, 5.41) is 1.85. The Morgan fingerprint density at radius 2 is 1.88 bits per heavy atom. The number of hydrogen-bond donors (Lipinski definition) is 0. The molecule has 4 rings (SSSR count). The van der Waals surface area contributed by atoms with Crippen molar-refractivity contribution >= 4 is 21.6 Å². The van der Waals surface area contributed by atoms with E-state index in [0.29, 0.717) is 35.7 Å². The van der Waals surface area contributed by atoms with E-state index in [2.05, 4.69) is 0 Å². The first kappa shape index (κ1) is 16.9. The number of aromatic nitrogens is 2. The summed E-state index contributed by atoms with van der Waals surface area (Å²) in [7, 11) is 0. The summed E-state index contributed by atoms with van der Waals surface area (Å²) in [5.41, 5.74) is 1.10. The first-order valence-corrected chi connectivity index (χ1v) is 9.55. The summed E-state index contributed by atoms with van der Waals surface area (Å²) < 4.78 is 15.0. The lowest BCUT2D eigenvalue weighted by molar-refractivity contribution is 0.297. The molecule has 0 radical (unpaired) electrons. The van der Waals surface area contributed by atoms with E-state index < -0.39 is 0 Å². The van der Waals surface area contributed by atoms with E-state index >= 15 is 0 Å². The fourth-order valence-corrected chi connectivity index (χ4v) is 4.03. The third-order valence-electron chi connectivity index (χ3n) is 4.45.